The molecule has 0 aliphatic heterocycles. The van der Waals surface area contributed by atoms with Gasteiger partial charge in [-0.1, -0.05) is 34.1 Å². The fourth-order valence-corrected chi connectivity index (χ4v) is 3.30. The van der Waals surface area contributed by atoms with E-state index in [1.165, 1.54) is 6.42 Å². The van der Waals surface area contributed by atoms with Gasteiger partial charge in [0.2, 0.25) is 0 Å². The van der Waals surface area contributed by atoms with Crippen molar-refractivity contribution < 1.29 is 4.79 Å². The highest BCUT2D eigenvalue weighted by Crippen LogP contribution is 2.49. The number of rotatable bonds is 4. The number of carbonyl (C=O) groups is 1. The van der Waals surface area contributed by atoms with Gasteiger partial charge >= 0.3 is 0 Å². The van der Waals surface area contributed by atoms with Crippen LogP contribution in [0.4, 0.5) is 0 Å². The summed E-state index contributed by atoms with van der Waals surface area (Å²) in [6, 6.07) is 0. The number of carbonyl (C=O) groups excluding carboxylic acids is 1. The average Bonchev–Trinajstić information content (AvgIpc) is 2.55. The molecule has 2 unspecified atom stereocenters. The molecule has 0 heterocycles. The molecule has 14 heavy (non-hydrogen) atoms. The zero-order chi connectivity index (χ0) is 10.8. The van der Waals surface area contributed by atoms with Crippen LogP contribution >= 0.6 is 0 Å². The Morgan fingerprint density at radius 2 is 1.93 bits per heavy atom. The minimum Gasteiger partial charge on any atom is -0.299 e. The van der Waals surface area contributed by atoms with Gasteiger partial charge in [-0.05, 0) is 31.1 Å². The third-order valence-electron chi connectivity index (χ3n) is 4.54. The van der Waals surface area contributed by atoms with Crippen LogP contribution in [0, 0.1) is 17.3 Å². The smallest absolute Gasteiger partial charge is 0.139 e. The van der Waals surface area contributed by atoms with E-state index in [0.29, 0.717) is 17.6 Å². The summed E-state index contributed by atoms with van der Waals surface area (Å²) in [5.74, 6) is 1.89. The molecule has 0 radical (unpaired) electrons. The highest BCUT2D eigenvalue weighted by atomic mass is 16.1. The largest absolute Gasteiger partial charge is 0.299 e. The van der Waals surface area contributed by atoms with Gasteiger partial charge in [-0.3, -0.25) is 4.79 Å². The minimum atomic E-state index is 0.0371. The van der Waals surface area contributed by atoms with Crippen LogP contribution in [0.3, 0.4) is 0 Å². The van der Waals surface area contributed by atoms with E-state index in [9.17, 15) is 4.79 Å². The average molecular weight is 196 g/mol. The summed E-state index contributed by atoms with van der Waals surface area (Å²) in [6.07, 6.45) is 5.25. The molecule has 0 saturated heterocycles. The van der Waals surface area contributed by atoms with E-state index in [4.69, 9.17) is 0 Å². The standard InChI is InChI=1S/C13H24O/c1-5-10(4)11-8-9-12(14)13(11,6-2)7-3/h10-11H,5-9H2,1-4H3. The predicted molar refractivity (Wildman–Crippen MR) is 60.2 cm³/mol. The third-order valence-corrected chi connectivity index (χ3v) is 4.54. The summed E-state index contributed by atoms with van der Waals surface area (Å²) in [5.41, 5.74) is 0.0371. The van der Waals surface area contributed by atoms with Gasteiger partial charge in [0.25, 0.3) is 0 Å². The fraction of sp³-hybridized carbons (Fsp3) is 0.923. The summed E-state index contributed by atoms with van der Waals surface area (Å²) in [6.45, 7) is 8.91. The lowest BCUT2D eigenvalue weighted by atomic mass is 9.68. The van der Waals surface area contributed by atoms with Gasteiger partial charge in [-0.25, -0.2) is 0 Å². The first-order valence-electron chi connectivity index (χ1n) is 6.15. The van der Waals surface area contributed by atoms with Crippen molar-refractivity contribution in [3.05, 3.63) is 0 Å². The van der Waals surface area contributed by atoms with Crippen LogP contribution in [0.25, 0.3) is 0 Å². The Kier molecular flexibility index (Phi) is 3.74. The van der Waals surface area contributed by atoms with Gasteiger partial charge in [0.05, 0.1) is 0 Å². The Morgan fingerprint density at radius 1 is 1.36 bits per heavy atom. The molecule has 0 N–H and O–H groups in total. The Hall–Kier alpha value is -0.330. The van der Waals surface area contributed by atoms with E-state index in [1.54, 1.807) is 0 Å². The van der Waals surface area contributed by atoms with E-state index < -0.39 is 0 Å². The molecule has 2 atom stereocenters. The summed E-state index contributed by atoms with van der Waals surface area (Å²) in [7, 11) is 0. The van der Waals surface area contributed by atoms with E-state index in [1.807, 2.05) is 0 Å². The maximum atomic E-state index is 12.0. The lowest BCUT2D eigenvalue weighted by Gasteiger charge is -2.35. The summed E-state index contributed by atoms with van der Waals surface area (Å²) in [4.78, 5) is 12.0. The molecule has 1 nitrogen and oxygen atoms in total. The molecule has 0 aromatic heterocycles. The van der Waals surface area contributed by atoms with Crippen molar-refractivity contribution in [3.8, 4) is 0 Å². The van der Waals surface area contributed by atoms with Crippen molar-refractivity contribution in [3.63, 3.8) is 0 Å². The molecule has 1 heteroatoms. The zero-order valence-electron chi connectivity index (χ0n) is 10.1. The minimum absolute atomic E-state index is 0.0371. The van der Waals surface area contributed by atoms with Gasteiger partial charge < -0.3 is 0 Å². The van der Waals surface area contributed by atoms with E-state index in [2.05, 4.69) is 27.7 Å². The van der Waals surface area contributed by atoms with Crippen LogP contribution in [-0.4, -0.2) is 5.78 Å². The van der Waals surface area contributed by atoms with Gasteiger partial charge in [0, 0.05) is 11.8 Å². The quantitative estimate of drug-likeness (QED) is 0.668. The van der Waals surface area contributed by atoms with E-state index in [-0.39, 0.29) is 5.41 Å². The number of hydrogen-bond acceptors (Lipinski definition) is 1. The topological polar surface area (TPSA) is 17.1 Å². The molecule has 82 valence electrons. The maximum absolute atomic E-state index is 12.0. The van der Waals surface area contributed by atoms with Crippen molar-refractivity contribution >= 4 is 5.78 Å². The van der Waals surface area contributed by atoms with Crippen LogP contribution in [0.15, 0.2) is 0 Å². The van der Waals surface area contributed by atoms with Crippen LogP contribution in [0.2, 0.25) is 0 Å². The molecule has 1 aliphatic rings. The van der Waals surface area contributed by atoms with Gasteiger partial charge in [-0.15, -0.1) is 0 Å². The molecule has 0 amide bonds. The molecule has 1 saturated carbocycles. The molecule has 1 fully saturated rings. The Balaban J connectivity index is 2.90. The second-order valence-electron chi connectivity index (χ2n) is 4.82. The molecule has 0 aromatic rings. The van der Waals surface area contributed by atoms with Crippen molar-refractivity contribution in [2.45, 2.75) is 59.8 Å². The van der Waals surface area contributed by atoms with Crippen LogP contribution in [0.1, 0.15) is 59.8 Å². The maximum Gasteiger partial charge on any atom is 0.139 e. The van der Waals surface area contributed by atoms with Crippen molar-refractivity contribution in [1.29, 1.82) is 0 Å². The van der Waals surface area contributed by atoms with Gasteiger partial charge in [0.15, 0.2) is 0 Å². The first kappa shape index (κ1) is 11.7. The Morgan fingerprint density at radius 3 is 2.36 bits per heavy atom. The zero-order valence-corrected chi connectivity index (χ0v) is 10.1. The first-order valence-corrected chi connectivity index (χ1v) is 6.15. The molecule has 1 aliphatic carbocycles. The summed E-state index contributed by atoms with van der Waals surface area (Å²) in [5, 5.41) is 0. The summed E-state index contributed by atoms with van der Waals surface area (Å²) >= 11 is 0. The molecule has 1 rings (SSSR count). The van der Waals surface area contributed by atoms with Gasteiger partial charge in [0.1, 0.15) is 5.78 Å². The molecule has 0 spiro atoms. The van der Waals surface area contributed by atoms with Gasteiger partial charge in [-0.2, -0.15) is 0 Å². The lowest BCUT2D eigenvalue weighted by Crippen LogP contribution is -2.34. The monoisotopic (exact) mass is 196 g/mol. The number of ketones is 1. The molecular weight excluding hydrogens is 172 g/mol. The SMILES string of the molecule is CCC(C)C1CCC(=O)C1(CC)CC. The number of Topliss-reactive ketones (excluding diaryl/α,β-unsaturated/α-hetero) is 1. The first-order chi connectivity index (χ1) is 6.62. The third kappa shape index (κ3) is 1.62. The van der Waals surface area contributed by atoms with Crippen LogP contribution in [-0.2, 0) is 4.79 Å². The lowest BCUT2D eigenvalue weighted by molar-refractivity contribution is -0.128. The Labute approximate surface area is 88.3 Å². The van der Waals surface area contributed by atoms with Crippen molar-refractivity contribution in [2.24, 2.45) is 17.3 Å². The van der Waals surface area contributed by atoms with Crippen molar-refractivity contribution in [1.82, 2.24) is 0 Å². The van der Waals surface area contributed by atoms with E-state index >= 15 is 0 Å². The summed E-state index contributed by atoms with van der Waals surface area (Å²) < 4.78 is 0. The highest BCUT2D eigenvalue weighted by molar-refractivity contribution is 5.87. The van der Waals surface area contributed by atoms with Crippen LogP contribution in [0.5, 0.6) is 0 Å². The second kappa shape index (κ2) is 4.46. The second-order valence-corrected chi connectivity index (χ2v) is 4.82. The predicted octanol–water partition coefficient (Wildman–Crippen LogP) is 3.82. The highest BCUT2D eigenvalue weighted by Gasteiger charge is 2.48. The number of hydrogen-bond donors (Lipinski definition) is 0. The van der Waals surface area contributed by atoms with Crippen molar-refractivity contribution in [2.75, 3.05) is 0 Å². The fourth-order valence-electron chi connectivity index (χ4n) is 3.30. The van der Waals surface area contributed by atoms with E-state index in [0.717, 1.165) is 25.7 Å². The normalized spacial score (nSPS) is 28.0. The molecule has 0 bridgehead atoms. The molecule has 0 aromatic carbocycles. The molecular formula is C13H24O. The van der Waals surface area contributed by atoms with Crippen LogP contribution < -0.4 is 0 Å². The Bertz CT molecular complexity index is 203.